The van der Waals surface area contributed by atoms with Gasteiger partial charge in [-0.2, -0.15) is 0 Å². The van der Waals surface area contributed by atoms with Crippen LogP contribution in [-0.4, -0.2) is 72.1 Å². The number of carbonyl (C=O) groups is 4. The van der Waals surface area contributed by atoms with Gasteiger partial charge in [-0.15, -0.1) is 0 Å². The number of nitrogens with one attached hydrogen (secondary N) is 3. The molecule has 12 heteroatoms. The van der Waals surface area contributed by atoms with Crippen LogP contribution in [0.2, 0.25) is 11.4 Å². The molecule has 0 spiro atoms. The van der Waals surface area contributed by atoms with E-state index >= 15 is 0 Å². The molecular formula is C12H22AsN3O7S. The normalized spacial score (nSPS) is 13.6. The first-order valence-corrected chi connectivity index (χ1v) is 13.0. The van der Waals surface area contributed by atoms with E-state index in [-0.39, 0.29) is 18.6 Å². The first-order valence-electron chi connectivity index (χ1n) is 6.91. The van der Waals surface area contributed by atoms with Gasteiger partial charge in [-0.3, -0.25) is 0 Å². The van der Waals surface area contributed by atoms with Crippen molar-refractivity contribution >= 4 is 50.1 Å². The molecule has 0 rings (SSSR count). The summed E-state index contributed by atoms with van der Waals surface area (Å²) < 4.78 is 14.2. The predicted octanol–water partition coefficient (Wildman–Crippen LogP) is -1.44. The van der Waals surface area contributed by atoms with E-state index < -0.39 is 56.1 Å². The Labute approximate surface area is 147 Å². The predicted molar refractivity (Wildman–Crippen MR) is 88.4 cm³/mol. The number of hydrogen-bond acceptors (Lipinski definition) is 6. The third-order valence-electron chi connectivity index (χ3n) is 2.67. The average molecular weight is 427 g/mol. The van der Waals surface area contributed by atoms with Crippen molar-refractivity contribution in [1.29, 1.82) is 0 Å². The van der Waals surface area contributed by atoms with Crippen LogP contribution in [-0.2, 0) is 22.9 Å². The summed E-state index contributed by atoms with van der Waals surface area (Å²) >= 11 is 0.497. The second-order valence-corrected chi connectivity index (χ2v) is 11.9. The van der Waals surface area contributed by atoms with Crippen molar-refractivity contribution in [3.63, 3.8) is 0 Å². The summed E-state index contributed by atoms with van der Waals surface area (Å²) in [6, 6.07) is -2.17. The van der Waals surface area contributed by atoms with Crippen LogP contribution in [0, 0.1) is 0 Å². The Morgan fingerprint density at radius 2 is 1.71 bits per heavy atom. The molecule has 10 nitrogen and oxygen atoms in total. The molecule has 0 radical (unpaired) electrons. The number of amides is 2. The van der Waals surface area contributed by atoms with E-state index in [2.05, 4.69) is 27.5 Å². The summed E-state index contributed by atoms with van der Waals surface area (Å²) in [4.78, 5) is 45.0. The van der Waals surface area contributed by atoms with E-state index in [1.165, 1.54) is 11.4 Å². The van der Waals surface area contributed by atoms with Crippen molar-refractivity contribution in [2.75, 3.05) is 12.3 Å². The van der Waals surface area contributed by atoms with Gasteiger partial charge in [0.25, 0.3) is 0 Å². The SMILES string of the molecule is C[As](C)(=O)NC(CCC(=O)NC(CS)C(=O)NCC(=O)O)C(=O)O. The molecule has 24 heavy (non-hydrogen) atoms. The molecule has 0 aromatic rings. The molecule has 0 fully saturated rings. The summed E-state index contributed by atoms with van der Waals surface area (Å²) in [7, 11) is 0. The molecule has 0 heterocycles. The average Bonchev–Trinajstić information content (AvgIpc) is 2.45. The maximum atomic E-state index is 11.8. The Hall–Kier alpha value is -1.45. The van der Waals surface area contributed by atoms with E-state index in [9.17, 15) is 22.9 Å². The fourth-order valence-electron chi connectivity index (χ4n) is 1.64. The van der Waals surface area contributed by atoms with Crippen molar-refractivity contribution in [2.45, 2.75) is 36.3 Å². The summed E-state index contributed by atoms with van der Waals surface area (Å²) in [6.07, 6.45) is -0.319. The minimum absolute atomic E-state index is 0.0556. The van der Waals surface area contributed by atoms with Gasteiger partial charge in [-0.1, -0.05) is 0 Å². The van der Waals surface area contributed by atoms with E-state index in [0.29, 0.717) is 0 Å². The molecule has 0 aliphatic carbocycles. The Morgan fingerprint density at radius 3 is 2.12 bits per heavy atom. The third kappa shape index (κ3) is 10.3. The molecule has 0 aliphatic heterocycles. The van der Waals surface area contributed by atoms with Gasteiger partial charge in [0.05, 0.1) is 0 Å². The zero-order valence-electron chi connectivity index (χ0n) is 13.3. The Kier molecular flexibility index (Phi) is 9.79. The van der Waals surface area contributed by atoms with Crippen LogP contribution in [0.25, 0.3) is 0 Å². The van der Waals surface area contributed by atoms with Gasteiger partial charge < -0.3 is 0 Å². The molecule has 0 saturated carbocycles. The van der Waals surface area contributed by atoms with Crippen molar-refractivity contribution in [1.82, 2.24) is 14.9 Å². The summed E-state index contributed by atoms with van der Waals surface area (Å²) in [5, 5.41) is 22.0. The first-order chi connectivity index (χ1) is 11.0. The molecule has 138 valence electrons. The summed E-state index contributed by atoms with van der Waals surface area (Å²) in [6.45, 7) is -0.589. The molecule has 5 N–H and O–H groups in total. The first kappa shape index (κ1) is 22.5. The quantitative estimate of drug-likeness (QED) is 0.173. The van der Waals surface area contributed by atoms with E-state index in [1.54, 1.807) is 0 Å². The number of hydrogen-bond donors (Lipinski definition) is 6. The molecule has 2 unspecified atom stereocenters. The van der Waals surface area contributed by atoms with Gasteiger partial charge in [0, 0.05) is 0 Å². The summed E-state index contributed by atoms with van der Waals surface area (Å²) in [5.74, 6) is -3.81. The monoisotopic (exact) mass is 427 g/mol. The van der Waals surface area contributed by atoms with Crippen LogP contribution in [0.4, 0.5) is 0 Å². The molecule has 0 saturated heterocycles. The van der Waals surface area contributed by atoms with E-state index in [0.717, 1.165) is 0 Å². The topological polar surface area (TPSA) is 162 Å². The molecule has 0 aromatic heterocycles. The van der Waals surface area contributed by atoms with Gasteiger partial charge in [0.15, 0.2) is 0 Å². The van der Waals surface area contributed by atoms with Crippen LogP contribution in [0.1, 0.15) is 12.8 Å². The fourth-order valence-corrected chi connectivity index (χ4v) is 3.97. The Bertz CT molecular complexity index is 537. The van der Waals surface area contributed by atoms with Crippen molar-refractivity contribution in [3.8, 4) is 0 Å². The van der Waals surface area contributed by atoms with Gasteiger partial charge in [0.2, 0.25) is 0 Å². The van der Waals surface area contributed by atoms with Crippen LogP contribution < -0.4 is 14.9 Å². The van der Waals surface area contributed by atoms with E-state index in [4.69, 9.17) is 10.2 Å². The molecule has 0 bridgehead atoms. The fraction of sp³-hybridized carbons (Fsp3) is 0.667. The van der Waals surface area contributed by atoms with E-state index in [1.807, 2.05) is 0 Å². The van der Waals surface area contributed by atoms with Crippen molar-refractivity contribution in [2.24, 2.45) is 0 Å². The Balaban J connectivity index is 4.52. The number of thiol groups is 1. The molecule has 0 aromatic carbocycles. The minimum atomic E-state index is -3.41. The van der Waals surface area contributed by atoms with Crippen molar-refractivity contribution < 1.29 is 33.1 Å². The summed E-state index contributed by atoms with van der Waals surface area (Å²) in [5.41, 5.74) is 2.86. The van der Waals surface area contributed by atoms with Gasteiger partial charge in [-0.05, 0) is 0 Å². The zero-order chi connectivity index (χ0) is 18.9. The van der Waals surface area contributed by atoms with Crippen molar-refractivity contribution in [3.05, 3.63) is 0 Å². The Morgan fingerprint density at radius 1 is 1.12 bits per heavy atom. The van der Waals surface area contributed by atoms with Gasteiger partial charge >= 0.3 is 147 Å². The second kappa shape index (κ2) is 10.4. The zero-order valence-corrected chi connectivity index (χ0v) is 16.1. The van der Waals surface area contributed by atoms with Crippen LogP contribution in [0.3, 0.4) is 0 Å². The van der Waals surface area contributed by atoms with Crippen LogP contribution >= 0.6 is 12.6 Å². The number of carboxylic acid groups (broad SMARTS) is 2. The van der Waals surface area contributed by atoms with Crippen LogP contribution in [0.15, 0.2) is 0 Å². The second-order valence-electron chi connectivity index (χ2n) is 5.32. The maximum absolute atomic E-state index is 11.8. The number of carbonyl (C=O) groups excluding carboxylic acids is 2. The molecular weight excluding hydrogens is 405 g/mol. The molecule has 2 atom stereocenters. The number of carboxylic acids is 2. The number of rotatable bonds is 11. The molecule has 0 aliphatic rings. The van der Waals surface area contributed by atoms with Gasteiger partial charge in [-0.25, -0.2) is 0 Å². The van der Waals surface area contributed by atoms with Crippen LogP contribution in [0.5, 0.6) is 0 Å². The molecule has 2 amide bonds. The third-order valence-corrected chi connectivity index (χ3v) is 5.00. The van der Waals surface area contributed by atoms with Gasteiger partial charge in [0.1, 0.15) is 0 Å². The number of aliphatic carboxylic acids is 2. The standard InChI is InChI=1S/C12H22AsN3O7S/c1-13(2,23)16-7(12(21)22)3-4-9(17)15-8(6-24)11(20)14-5-10(18)19/h7-8,24H,3-6H2,1-2H3,(H,14,20)(H,15,17)(H,16,23)(H,18,19)(H,21,22).